The van der Waals surface area contributed by atoms with Crippen LogP contribution in [0.15, 0.2) is 42.5 Å². The number of amides is 1. The number of benzene rings is 2. The zero-order chi connectivity index (χ0) is 13.8. The third kappa shape index (κ3) is 3.63. The molecule has 0 atom stereocenters. The van der Waals surface area contributed by atoms with Crippen molar-refractivity contribution in [3.8, 4) is 0 Å². The summed E-state index contributed by atoms with van der Waals surface area (Å²) in [6.07, 6.45) is 0. The number of nitrogen functional groups attached to an aromatic ring is 1. The van der Waals surface area contributed by atoms with Gasteiger partial charge in [0, 0.05) is 17.3 Å². The van der Waals surface area contributed by atoms with Crippen molar-refractivity contribution < 1.29 is 4.79 Å². The maximum Gasteiger partial charge on any atom is 0.253 e. The van der Waals surface area contributed by atoms with Crippen LogP contribution in [0.4, 0.5) is 5.69 Å². The van der Waals surface area contributed by atoms with E-state index < -0.39 is 0 Å². The minimum Gasteiger partial charge on any atom is -0.399 e. The first kappa shape index (κ1) is 13.7. The van der Waals surface area contributed by atoms with Crippen LogP contribution >= 0.6 is 23.2 Å². The summed E-state index contributed by atoms with van der Waals surface area (Å²) in [5.74, 6) is -0.245. The van der Waals surface area contributed by atoms with Gasteiger partial charge in [-0.15, -0.1) is 0 Å². The van der Waals surface area contributed by atoms with E-state index in [0.717, 1.165) is 5.56 Å². The van der Waals surface area contributed by atoms with E-state index in [1.54, 1.807) is 30.3 Å². The van der Waals surface area contributed by atoms with E-state index in [1.165, 1.54) is 0 Å². The minimum absolute atomic E-state index is 0.245. The van der Waals surface area contributed by atoms with Crippen molar-refractivity contribution in [2.24, 2.45) is 0 Å². The standard InChI is InChI=1S/C14H12Cl2N2O/c15-10-3-1-2-9(6-10)8-18-14(19)12-5-4-11(17)7-13(12)16/h1-7H,8,17H2,(H,18,19). The lowest BCUT2D eigenvalue weighted by Gasteiger charge is -2.07. The van der Waals surface area contributed by atoms with Crippen LogP contribution < -0.4 is 11.1 Å². The normalized spacial score (nSPS) is 10.2. The van der Waals surface area contributed by atoms with Gasteiger partial charge in [-0.2, -0.15) is 0 Å². The van der Waals surface area contributed by atoms with Gasteiger partial charge in [0.1, 0.15) is 0 Å². The van der Waals surface area contributed by atoms with Gasteiger partial charge in [-0.3, -0.25) is 4.79 Å². The molecule has 0 heterocycles. The molecule has 2 aromatic carbocycles. The third-order valence-electron chi connectivity index (χ3n) is 2.58. The Kier molecular flexibility index (Phi) is 4.30. The molecule has 5 heteroatoms. The van der Waals surface area contributed by atoms with Crippen LogP contribution in [-0.2, 0) is 6.54 Å². The van der Waals surface area contributed by atoms with Crippen molar-refractivity contribution >= 4 is 34.8 Å². The number of nitrogens with two attached hydrogens (primary N) is 1. The summed E-state index contributed by atoms with van der Waals surface area (Å²) < 4.78 is 0. The molecule has 1 amide bonds. The summed E-state index contributed by atoms with van der Waals surface area (Å²) in [7, 11) is 0. The van der Waals surface area contributed by atoms with Crippen molar-refractivity contribution in [1.82, 2.24) is 5.32 Å². The molecule has 0 aliphatic heterocycles. The minimum atomic E-state index is -0.245. The van der Waals surface area contributed by atoms with Gasteiger partial charge >= 0.3 is 0 Å². The molecule has 0 saturated carbocycles. The fourth-order valence-corrected chi connectivity index (χ4v) is 2.13. The summed E-state index contributed by atoms with van der Waals surface area (Å²) >= 11 is 11.8. The molecule has 0 bridgehead atoms. The van der Waals surface area contributed by atoms with E-state index >= 15 is 0 Å². The SMILES string of the molecule is Nc1ccc(C(=O)NCc2cccc(Cl)c2)c(Cl)c1. The Morgan fingerprint density at radius 3 is 2.63 bits per heavy atom. The van der Waals surface area contributed by atoms with Gasteiger partial charge in [-0.25, -0.2) is 0 Å². The molecular formula is C14H12Cl2N2O. The molecule has 0 saturated heterocycles. The second kappa shape index (κ2) is 5.95. The molecule has 0 spiro atoms. The zero-order valence-electron chi connectivity index (χ0n) is 9.99. The van der Waals surface area contributed by atoms with Crippen LogP contribution in [0.25, 0.3) is 0 Å². The number of hydrogen-bond donors (Lipinski definition) is 2. The predicted molar refractivity (Wildman–Crippen MR) is 78.5 cm³/mol. The molecule has 3 nitrogen and oxygen atoms in total. The van der Waals surface area contributed by atoms with Gasteiger partial charge in [0.2, 0.25) is 0 Å². The molecular weight excluding hydrogens is 283 g/mol. The van der Waals surface area contributed by atoms with E-state index in [9.17, 15) is 4.79 Å². The van der Waals surface area contributed by atoms with E-state index in [1.807, 2.05) is 12.1 Å². The van der Waals surface area contributed by atoms with Crippen LogP contribution in [0, 0.1) is 0 Å². The Bertz CT molecular complexity index is 614. The van der Waals surface area contributed by atoms with Gasteiger partial charge in [-0.05, 0) is 35.9 Å². The highest BCUT2D eigenvalue weighted by Crippen LogP contribution is 2.19. The van der Waals surface area contributed by atoms with Crippen molar-refractivity contribution in [1.29, 1.82) is 0 Å². The fourth-order valence-electron chi connectivity index (χ4n) is 1.64. The van der Waals surface area contributed by atoms with Gasteiger partial charge in [0.05, 0.1) is 10.6 Å². The molecule has 0 radical (unpaired) electrons. The number of anilines is 1. The summed E-state index contributed by atoms with van der Waals surface area (Å²) in [6, 6.07) is 12.1. The van der Waals surface area contributed by atoms with Crippen LogP contribution in [0.2, 0.25) is 10.0 Å². The van der Waals surface area contributed by atoms with Crippen LogP contribution in [-0.4, -0.2) is 5.91 Å². The highest BCUT2D eigenvalue weighted by Gasteiger charge is 2.10. The number of carbonyl (C=O) groups is 1. The summed E-state index contributed by atoms with van der Waals surface area (Å²) in [4.78, 5) is 12.0. The summed E-state index contributed by atoms with van der Waals surface area (Å²) in [5, 5.41) is 3.75. The first-order valence-corrected chi connectivity index (χ1v) is 6.39. The molecule has 0 aliphatic rings. The molecule has 98 valence electrons. The number of hydrogen-bond acceptors (Lipinski definition) is 2. The van der Waals surface area contributed by atoms with E-state index in [4.69, 9.17) is 28.9 Å². The lowest BCUT2D eigenvalue weighted by Crippen LogP contribution is -2.23. The highest BCUT2D eigenvalue weighted by atomic mass is 35.5. The van der Waals surface area contributed by atoms with E-state index in [2.05, 4.69) is 5.32 Å². The van der Waals surface area contributed by atoms with Crippen LogP contribution in [0.5, 0.6) is 0 Å². The lowest BCUT2D eigenvalue weighted by molar-refractivity contribution is 0.0951. The number of nitrogens with one attached hydrogen (secondary N) is 1. The van der Waals surface area contributed by atoms with Crippen molar-refractivity contribution in [2.75, 3.05) is 5.73 Å². The molecule has 0 aliphatic carbocycles. The van der Waals surface area contributed by atoms with Crippen LogP contribution in [0.1, 0.15) is 15.9 Å². The Morgan fingerprint density at radius 2 is 1.95 bits per heavy atom. The maximum atomic E-state index is 12.0. The second-order valence-corrected chi connectivity index (χ2v) is 4.90. The molecule has 3 N–H and O–H groups in total. The van der Waals surface area contributed by atoms with Crippen LogP contribution in [0.3, 0.4) is 0 Å². The lowest BCUT2D eigenvalue weighted by atomic mass is 10.1. The van der Waals surface area contributed by atoms with Crippen molar-refractivity contribution in [3.05, 3.63) is 63.6 Å². The number of halogens is 2. The monoisotopic (exact) mass is 294 g/mol. The van der Waals surface area contributed by atoms with E-state index in [0.29, 0.717) is 27.8 Å². The Labute approximate surface area is 121 Å². The fraction of sp³-hybridized carbons (Fsp3) is 0.0714. The topological polar surface area (TPSA) is 55.1 Å². The van der Waals surface area contributed by atoms with Gasteiger partial charge in [-0.1, -0.05) is 35.3 Å². The number of carbonyl (C=O) groups excluding carboxylic acids is 1. The average molecular weight is 295 g/mol. The van der Waals surface area contributed by atoms with Gasteiger partial charge < -0.3 is 11.1 Å². The maximum absolute atomic E-state index is 12.0. The third-order valence-corrected chi connectivity index (χ3v) is 3.13. The molecule has 0 fully saturated rings. The van der Waals surface area contributed by atoms with Crippen molar-refractivity contribution in [3.63, 3.8) is 0 Å². The van der Waals surface area contributed by atoms with Gasteiger partial charge in [0.15, 0.2) is 0 Å². The summed E-state index contributed by atoms with van der Waals surface area (Å²) in [5.41, 5.74) is 7.43. The first-order valence-electron chi connectivity index (χ1n) is 5.64. The molecule has 2 aromatic rings. The van der Waals surface area contributed by atoms with Crippen molar-refractivity contribution in [2.45, 2.75) is 6.54 Å². The van der Waals surface area contributed by atoms with E-state index in [-0.39, 0.29) is 5.91 Å². The quantitative estimate of drug-likeness (QED) is 0.851. The largest absolute Gasteiger partial charge is 0.399 e. The molecule has 0 unspecified atom stereocenters. The predicted octanol–water partition coefficient (Wildman–Crippen LogP) is 3.51. The highest BCUT2D eigenvalue weighted by molar-refractivity contribution is 6.34. The smallest absolute Gasteiger partial charge is 0.253 e. The molecule has 0 aromatic heterocycles. The number of rotatable bonds is 3. The summed E-state index contributed by atoms with van der Waals surface area (Å²) in [6.45, 7) is 0.389. The average Bonchev–Trinajstić information content (AvgIpc) is 2.36. The Hall–Kier alpha value is -1.71. The Morgan fingerprint density at radius 1 is 1.16 bits per heavy atom. The molecule has 19 heavy (non-hydrogen) atoms. The zero-order valence-corrected chi connectivity index (χ0v) is 11.5. The Balaban J connectivity index is 2.05. The molecule has 2 rings (SSSR count). The second-order valence-electron chi connectivity index (χ2n) is 4.05. The first-order chi connectivity index (χ1) is 9.06. The van der Waals surface area contributed by atoms with Gasteiger partial charge in [0.25, 0.3) is 5.91 Å².